The summed E-state index contributed by atoms with van der Waals surface area (Å²) in [7, 11) is -0.712. The van der Waals surface area contributed by atoms with E-state index in [1.54, 1.807) is 6.07 Å². The topological polar surface area (TPSA) is 145 Å². The molecule has 0 radical (unpaired) electrons. The van der Waals surface area contributed by atoms with E-state index in [4.69, 9.17) is 9.90 Å². The number of aromatic hydroxyl groups is 1. The van der Waals surface area contributed by atoms with Crippen LogP contribution in [0.15, 0.2) is 59.9 Å². The lowest BCUT2D eigenvalue weighted by molar-refractivity contribution is -0.137. The maximum Gasteiger partial charge on any atom is 0.416 e. The van der Waals surface area contributed by atoms with Crippen molar-refractivity contribution in [2.24, 2.45) is 0 Å². The number of phenolic OH excluding ortho intramolecular Hbond substituents is 1. The number of likely N-dealkylation sites (N-methyl/N-ethyl adjacent to an activating group) is 1. The summed E-state index contributed by atoms with van der Waals surface area (Å²) in [6, 6.07) is 7.91. The Hall–Kier alpha value is -3.98. The first-order valence-electron chi connectivity index (χ1n) is 12.3. The maximum absolute atomic E-state index is 15.0. The lowest BCUT2D eigenvalue weighted by atomic mass is 9.78. The Kier molecular flexibility index (Phi) is 10.1. The Morgan fingerprint density at radius 2 is 1.83 bits per heavy atom. The first-order chi connectivity index (χ1) is 19.3. The average molecular weight is 600 g/mol. The van der Waals surface area contributed by atoms with Crippen molar-refractivity contribution >= 4 is 28.0 Å². The lowest BCUT2D eigenvalue weighted by Crippen LogP contribution is -2.47. The van der Waals surface area contributed by atoms with Gasteiger partial charge in [-0.3, -0.25) is 9.52 Å². The summed E-state index contributed by atoms with van der Waals surface area (Å²) in [4.78, 5) is 17.0. The zero-order chi connectivity index (χ0) is 30.4. The van der Waals surface area contributed by atoms with Gasteiger partial charge in [-0.2, -0.15) is 13.2 Å². The third-order valence-electron chi connectivity index (χ3n) is 6.67. The number of alkyl halides is 3. The molecule has 1 heterocycles. The number of nitrogens with one attached hydrogen (secondary N) is 2. The quantitative estimate of drug-likeness (QED) is 0.175. The van der Waals surface area contributed by atoms with E-state index in [9.17, 15) is 31.1 Å². The molecule has 3 aromatic rings. The van der Waals surface area contributed by atoms with Gasteiger partial charge in [-0.25, -0.2) is 22.8 Å². The molecule has 0 aliphatic heterocycles. The summed E-state index contributed by atoms with van der Waals surface area (Å²) in [5, 5.41) is 20.6. The van der Waals surface area contributed by atoms with Crippen molar-refractivity contribution in [3.63, 3.8) is 0 Å². The SMILES string of the molecule is CN(C)[C@H]1C[C@@H](c2cccc(C(F)(F)F)c2)CC[C@@H]1Nc1cc(F)c(S(=O)(=O)Nc2ccncn2)cc1O.O=CO. The number of hydrogen-bond donors (Lipinski definition) is 4. The number of rotatable bonds is 7. The van der Waals surface area contributed by atoms with Crippen molar-refractivity contribution in [1.29, 1.82) is 0 Å². The van der Waals surface area contributed by atoms with Crippen LogP contribution in [0, 0.1) is 5.82 Å². The van der Waals surface area contributed by atoms with Crippen LogP contribution in [0.2, 0.25) is 0 Å². The molecule has 0 amide bonds. The molecule has 41 heavy (non-hydrogen) atoms. The summed E-state index contributed by atoms with van der Waals surface area (Å²) in [5.74, 6) is -1.72. The second kappa shape index (κ2) is 13.1. The van der Waals surface area contributed by atoms with Gasteiger partial charge in [0.05, 0.1) is 11.3 Å². The minimum Gasteiger partial charge on any atom is -0.506 e. The zero-order valence-electron chi connectivity index (χ0n) is 22.0. The van der Waals surface area contributed by atoms with Crippen LogP contribution in [0.3, 0.4) is 0 Å². The average Bonchev–Trinajstić information content (AvgIpc) is 2.91. The first kappa shape index (κ1) is 31.5. The highest BCUT2D eigenvalue weighted by Crippen LogP contribution is 2.39. The second-order valence-electron chi connectivity index (χ2n) is 9.52. The molecule has 1 aromatic heterocycles. The molecule has 4 rings (SSSR count). The van der Waals surface area contributed by atoms with E-state index in [2.05, 4.69) is 20.0 Å². The van der Waals surface area contributed by atoms with E-state index in [-0.39, 0.29) is 36.0 Å². The van der Waals surface area contributed by atoms with Gasteiger partial charge in [-0.1, -0.05) is 18.2 Å². The fourth-order valence-electron chi connectivity index (χ4n) is 4.77. The van der Waals surface area contributed by atoms with E-state index >= 15 is 0 Å². The number of aromatic nitrogens is 2. The van der Waals surface area contributed by atoms with Crippen LogP contribution >= 0.6 is 0 Å². The Bertz CT molecular complexity index is 1440. The largest absolute Gasteiger partial charge is 0.506 e. The Morgan fingerprint density at radius 3 is 2.44 bits per heavy atom. The van der Waals surface area contributed by atoms with Crippen molar-refractivity contribution in [1.82, 2.24) is 14.9 Å². The molecule has 3 atom stereocenters. The standard InChI is InChI=1S/C25H27F4N5O3S.CH2O2/c1-34(2)21-11-16(15-4-3-5-17(10-15)25(27,28)29)6-7-19(21)32-20-12-18(26)23(13-22(20)35)38(36,37)33-24-8-9-30-14-31-24;2-1-3/h3-5,8-10,12-14,16,19,21,32,35H,6-7,11H2,1-2H3,(H,30,31,33);1H,(H,2,3)/t16-,19-,21-;/m0./s1. The number of carboxylic acid groups (broad SMARTS) is 1. The minimum atomic E-state index is -4.43. The highest BCUT2D eigenvalue weighted by molar-refractivity contribution is 7.92. The molecule has 0 bridgehead atoms. The summed E-state index contributed by atoms with van der Waals surface area (Å²) >= 11 is 0. The van der Waals surface area contributed by atoms with Crippen LogP contribution in [0.1, 0.15) is 36.3 Å². The summed E-state index contributed by atoms with van der Waals surface area (Å²) in [6.45, 7) is -0.250. The molecule has 0 spiro atoms. The fourth-order valence-corrected chi connectivity index (χ4v) is 5.85. The van der Waals surface area contributed by atoms with Crippen LogP contribution in [0.25, 0.3) is 0 Å². The number of hydrogen-bond acceptors (Lipinski definition) is 8. The fraction of sp³-hybridized carbons (Fsp3) is 0.346. The Morgan fingerprint density at radius 1 is 1.12 bits per heavy atom. The van der Waals surface area contributed by atoms with E-state index in [0.29, 0.717) is 24.8 Å². The number of nitrogens with zero attached hydrogens (tertiary/aromatic N) is 3. The smallest absolute Gasteiger partial charge is 0.416 e. The van der Waals surface area contributed by atoms with Crippen LogP contribution in [-0.2, 0) is 21.0 Å². The van der Waals surface area contributed by atoms with Gasteiger partial charge in [0.1, 0.15) is 28.6 Å². The third kappa shape index (κ3) is 8.04. The molecule has 1 aliphatic rings. The van der Waals surface area contributed by atoms with Crippen LogP contribution in [-0.4, -0.2) is 66.1 Å². The van der Waals surface area contributed by atoms with Gasteiger partial charge in [0, 0.05) is 30.4 Å². The molecule has 0 unspecified atom stereocenters. The van der Waals surface area contributed by atoms with Crippen molar-refractivity contribution < 1.29 is 41.0 Å². The lowest BCUT2D eigenvalue weighted by Gasteiger charge is -2.41. The first-order valence-corrected chi connectivity index (χ1v) is 13.7. The van der Waals surface area contributed by atoms with Gasteiger partial charge >= 0.3 is 6.18 Å². The molecular weight excluding hydrogens is 570 g/mol. The molecule has 1 aliphatic carbocycles. The van der Waals surface area contributed by atoms with Gasteiger partial charge in [0.15, 0.2) is 0 Å². The maximum atomic E-state index is 15.0. The molecule has 2 aromatic carbocycles. The van der Waals surface area contributed by atoms with E-state index in [1.165, 1.54) is 24.4 Å². The molecule has 4 N–H and O–H groups in total. The molecule has 1 saturated carbocycles. The summed E-state index contributed by atoms with van der Waals surface area (Å²) in [5.41, 5.74) is -0.0797. The summed E-state index contributed by atoms with van der Waals surface area (Å²) in [6.07, 6.45) is -0.357. The van der Waals surface area contributed by atoms with Gasteiger partial charge in [-0.05, 0) is 57.0 Å². The van der Waals surface area contributed by atoms with Crippen molar-refractivity contribution in [3.8, 4) is 5.75 Å². The number of carbonyl (C=O) groups is 1. The number of sulfonamides is 1. The van der Waals surface area contributed by atoms with E-state index in [0.717, 1.165) is 24.5 Å². The van der Waals surface area contributed by atoms with Crippen LogP contribution in [0.5, 0.6) is 5.75 Å². The van der Waals surface area contributed by atoms with Crippen molar-refractivity contribution in [3.05, 3.63) is 71.9 Å². The van der Waals surface area contributed by atoms with Crippen LogP contribution < -0.4 is 10.0 Å². The van der Waals surface area contributed by atoms with Crippen molar-refractivity contribution in [2.45, 2.75) is 48.3 Å². The number of phenols is 1. The van der Waals surface area contributed by atoms with Gasteiger partial charge in [0.25, 0.3) is 16.5 Å². The predicted octanol–water partition coefficient (Wildman–Crippen LogP) is 4.52. The summed E-state index contributed by atoms with van der Waals surface area (Å²) < 4.78 is 82.0. The minimum absolute atomic E-state index is 0.0119. The second-order valence-corrected chi connectivity index (χ2v) is 11.2. The van der Waals surface area contributed by atoms with Gasteiger partial charge < -0.3 is 20.4 Å². The number of benzene rings is 2. The highest BCUT2D eigenvalue weighted by Gasteiger charge is 2.35. The molecular formula is C26H29F4N5O5S. The highest BCUT2D eigenvalue weighted by atomic mass is 32.2. The van der Waals surface area contributed by atoms with Gasteiger partial charge in [-0.15, -0.1) is 0 Å². The van der Waals surface area contributed by atoms with E-state index in [1.807, 2.05) is 19.0 Å². The molecule has 15 heteroatoms. The third-order valence-corrected chi connectivity index (χ3v) is 8.04. The molecule has 0 saturated heterocycles. The van der Waals surface area contributed by atoms with Gasteiger partial charge in [0.2, 0.25) is 0 Å². The Balaban J connectivity index is 0.00000147. The number of anilines is 2. The zero-order valence-corrected chi connectivity index (χ0v) is 22.8. The van der Waals surface area contributed by atoms with Crippen molar-refractivity contribution in [2.75, 3.05) is 24.1 Å². The van der Waals surface area contributed by atoms with Crippen LogP contribution in [0.4, 0.5) is 29.1 Å². The molecule has 222 valence electrons. The van der Waals surface area contributed by atoms with E-state index < -0.39 is 38.2 Å². The predicted molar refractivity (Wildman–Crippen MR) is 143 cm³/mol. The Labute approximate surface area is 234 Å². The monoisotopic (exact) mass is 599 g/mol. The normalized spacial score (nSPS) is 19.1. The number of halogens is 4. The molecule has 1 fully saturated rings. The molecule has 10 nitrogen and oxygen atoms in total.